The molecule has 2 aromatic rings. The Balaban J connectivity index is 0.831. The van der Waals surface area contributed by atoms with Crippen LogP contribution in [0.1, 0.15) is 80.6 Å². The Morgan fingerprint density at radius 1 is 0.681 bits per heavy atom. The van der Waals surface area contributed by atoms with Crippen molar-refractivity contribution in [1.82, 2.24) is 20.4 Å². The average molecular weight is 1020 g/mol. The number of piperidine rings is 1. The maximum atomic E-state index is 14.0. The summed E-state index contributed by atoms with van der Waals surface area (Å²) in [5.74, 6) is 0.891. The summed E-state index contributed by atoms with van der Waals surface area (Å²) < 4.78 is 55.3. The number of nitrogens with zero attached hydrogens (tertiary/aromatic N) is 2. The van der Waals surface area contributed by atoms with Crippen molar-refractivity contribution in [1.29, 1.82) is 0 Å². The molecule has 72 heavy (non-hydrogen) atoms. The van der Waals surface area contributed by atoms with Crippen molar-refractivity contribution >= 4 is 17.7 Å². The number of piperazine rings is 1. The van der Waals surface area contributed by atoms with E-state index in [2.05, 4.69) is 22.5 Å². The van der Waals surface area contributed by atoms with Crippen molar-refractivity contribution in [3.8, 4) is 11.5 Å². The Morgan fingerprint density at radius 3 is 1.61 bits per heavy atom. The zero-order chi connectivity index (χ0) is 50.9. The standard InChI is InChI=1S/C53H85N5O14/c1-2-3-21-58-51(61)48(49(59)44-7-5-4-6-8-44)56-52(62)53(58)17-22-57(23-18-53)42-43-9-13-46(14-10-43)72-47-15-11-45(12-16-47)50(60)55-20-25-64-27-29-66-31-33-68-35-37-70-39-41-71-40-38-69-36-34-67-32-30-65-28-26-63-24-19-54/h9-16,44,48-49,59H,2-8,17-42,54H2,1H3,(H,55,60)(H,56,62)/t48-,49?/m1/s1. The van der Waals surface area contributed by atoms with E-state index in [-0.39, 0.29) is 23.6 Å². The minimum atomic E-state index is -0.882. The zero-order valence-corrected chi connectivity index (χ0v) is 42.9. The highest BCUT2D eigenvalue weighted by Gasteiger charge is 2.55. The molecule has 2 saturated heterocycles. The number of ether oxygens (including phenoxy) is 10. The number of carbonyl (C=O) groups excluding carboxylic acids is 3. The molecular formula is C53H85N5O14. The van der Waals surface area contributed by atoms with E-state index in [1.54, 1.807) is 24.3 Å². The molecule has 5 N–H and O–H groups in total. The molecule has 1 aliphatic carbocycles. The van der Waals surface area contributed by atoms with E-state index in [9.17, 15) is 19.5 Å². The quantitative estimate of drug-likeness (QED) is 0.0702. The molecule has 19 heteroatoms. The number of nitrogens with one attached hydrogen (secondary N) is 2. The smallest absolute Gasteiger partial charge is 0.251 e. The fourth-order valence-corrected chi connectivity index (χ4v) is 9.05. The van der Waals surface area contributed by atoms with Crippen molar-refractivity contribution in [2.24, 2.45) is 11.7 Å². The summed E-state index contributed by atoms with van der Waals surface area (Å²) in [5, 5.41) is 17.2. The SMILES string of the molecule is CCCCN1C(=O)[C@@H](C(O)C2CCCCC2)NC(=O)C12CCN(Cc1ccc(Oc3ccc(C(=O)NCCOCCOCCOCCOCCOCCOCCOCCOCCOCCN)cc3)cc1)CC2. The number of likely N-dealkylation sites (tertiary alicyclic amines) is 1. The molecule has 5 rings (SSSR count). The minimum Gasteiger partial charge on any atom is -0.457 e. The number of aliphatic hydroxyl groups is 1. The van der Waals surface area contributed by atoms with Crippen molar-refractivity contribution in [2.45, 2.75) is 88.9 Å². The van der Waals surface area contributed by atoms with Crippen LogP contribution in [0.4, 0.5) is 0 Å². The first-order valence-electron chi connectivity index (χ1n) is 26.4. The number of amides is 3. The number of rotatable bonds is 39. The summed E-state index contributed by atoms with van der Waals surface area (Å²) in [6.45, 7) is 14.2. The van der Waals surface area contributed by atoms with Crippen LogP contribution in [0.25, 0.3) is 0 Å². The lowest BCUT2D eigenvalue weighted by molar-refractivity contribution is -0.166. The van der Waals surface area contributed by atoms with Gasteiger partial charge >= 0.3 is 0 Å². The van der Waals surface area contributed by atoms with Gasteiger partial charge in [0.25, 0.3) is 5.91 Å². The van der Waals surface area contributed by atoms with Gasteiger partial charge in [-0.25, -0.2) is 0 Å². The van der Waals surface area contributed by atoms with E-state index in [1.807, 2.05) is 29.2 Å². The summed E-state index contributed by atoms with van der Waals surface area (Å²) >= 11 is 0. The fourth-order valence-electron chi connectivity index (χ4n) is 9.05. The van der Waals surface area contributed by atoms with Crippen LogP contribution in [0.3, 0.4) is 0 Å². The summed E-state index contributed by atoms with van der Waals surface area (Å²) in [5.41, 5.74) is 6.10. The molecule has 2 aromatic carbocycles. The van der Waals surface area contributed by atoms with Crippen LogP contribution in [0.2, 0.25) is 0 Å². The van der Waals surface area contributed by atoms with Crippen LogP contribution >= 0.6 is 0 Å². The monoisotopic (exact) mass is 1020 g/mol. The van der Waals surface area contributed by atoms with Crippen molar-refractivity contribution in [3.63, 3.8) is 0 Å². The van der Waals surface area contributed by atoms with Crippen molar-refractivity contribution in [3.05, 3.63) is 59.7 Å². The summed E-state index contributed by atoms with van der Waals surface area (Å²) in [6.07, 6.45) is 7.06. The third-order valence-corrected chi connectivity index (χ3v) is 13.1. The Kier molecular flexibility index (Phi) is 29.0. The van der Waals surface area contributed by atoms with Gasteiger partial charge in [-0.3, -0.25) is 19.3 Å². The third-order valence-electron chi connectivity index (χ3n) is 13.1. The van der Waals surface area contributed by atoms with Gasteiger partial charge in [-0.2, -0.15) is 0 Å². The van der Waals surface area contributed by atoms with Gasteiger partial charge in [-0.1, -0.05) is 44.7 Å². The Bertz CT molecular complexity index is 1760. The Morgan fingerprint density at radius 2 is 1.14 bits per heavy atom. The molecule has 3 amide bonds. The third kappa shape index (κ3) is 21.2. The maximum absolute atomic E-state index is 14.0. The van der Waals surface area contributed by atoms with E-state index in [0.29, 0.717) is 188 Å². The first kappa shape index (κ1) is 59.1. The van der Waals surface area contributed by atoms with Crippen LogP contribution in [0.5, 0.6) is 11.5 Å². The second-order valence-electron chi connectivity index (χ2n) is 18.3. The van der Waals surface area contributed by atoms with Gasteiger partial charge in [-0.15, -0.1) is 0 Å². The molecule has 2 heterocycles. The van der Waals surface area contributed by atoms with E-state index < -0.39 is 17.7 Å². The van der Waals surface area contributed by atoms with Gasteiger partial charge in [0.15, 0.2) is 0 Å². The van der Waals surface area contributed by atoms with Gasteiger partial charge in [0.2, 0.25) is 11.8 Å². The maximum Gasteiger partial charge on any atom is 0.251 e. The normalized spacial score (nSPS) is 17.9. The fraction of sp³-hybridized carbons (Fsp3) is 0.717. The summed E-state index contributed by atoms with van der Waals surface area (Å²) in [4.78, 5) is 44.7. The average Bonchev–Trinajstić information content (AvgIpc) is 3.40. The van der Waals surface area contributed by atoms with Crippen LogP contribution in [-0.2, 0) is 58.8 Å². The van der Waals surface area contributed by atoms with Crippen LogP contribution in [0, 0.1) is 5.92 Å². The first-order valence-corrected chi connectivity index (χ1v) is 26.4. The number of carbonyl (C=O) groups is 3. The second kappa shape index (κ2) is 35.4. The lowest BCUT2D eigenvalue weighted by Gasteiger charge is -2.52. The molecule has 0 bridgehead atoms. The second-order valence-corrected chi connectivity index (χ2v) is 18.3. The van der Waals surface area contributed by atoms with Crippen molar-refractivity contribution < 1.29 is 66.9 Å². The van der Waals surface area contributed by atoms with Crippen molar-refractivity contribution in [2.75, 3.05) is 152 Å². The highest BCUT2D eigenvalue weighted by atomic mass is 16.6. The Hall–Kier alpha value is -3.83. The van der Waals surface area contributed by atoms with Gasteiger partial charge < -0.3 is 73.7 Å². The lowest BCUT2D eigenvalue weighted by Crippen LogP contribution is -2.75. The summed E-state index contributed by atoms with van der Waals surface area (Å²) in [6, 6.07) is 14.1. The molecule has 3 fully saturated rings. The number of unbranched alkanes of at least 4 members (excludes halogenated alkanes) is 1. The molecule has 19 nitrogen and oxygen atoms in total. The predicted molar refractivity (Wildman–Crippen MR) is 270 cm³/mol. The number of nitrogens with two attached hydrogens (primary N) is 1. The molecule has 0 aromatic heterocycles. The molecular weight excluding hydrogens is 931 g/mol. The van der Waals surface area contributed by atoms with E-state index >= 15 is 0 Å². The number of aliphatic hydroxyl groups excluding tert-OH is 1. The van der Waals surface area contributed by atoms with Gasteiger partial charge in [0, 0.05) is 44.8 Å². The molecule has 0 radical (unpaired) electrons. The number of benzene rings is 2. The highest BCUT2D eigenvalue weighted by Crippen LogP contribution is 2.37. The molecule has 2 atom stereocenters. The zero-order valence-electron chi connectivity index (χ0n) is 42.9. The largest absolute Gasteiger partial charge is 0.457 e. The van der Waals surface area contributed by atoms with Gasteiger partial charge in [0.05, 0.1) is 125 Å². The van der Waals surface area contributed by atoms with E-state index in [1.165, 1.54) is 0 Å². The molecule has 406 valence electrons. The minimum absolute atomic E-state index is 0.0476. The first-order chi connectivity index (χ1) is 35.3. The molecule has 2 aliphatic heterocycles. The summed E-state index contributed by atoms with van der Waals surface area (Å²) in [7, 11) is 0. The highest BCUT2D eigenvalue weighted by molar-refractivity contribution is 6.00. The lowest BCUT2D eigenvalue weighted by atomic mass is 9.78. The molecule has 1 unspecified atom stereocenters. The van der Waals surface area contributed by atoms with Crippen LogP contribution < -0.4 is 21.1 Å². The van der Waals surface area contributed by atoms with E-state index in [4.69, 9.17) is 53.1 Å². The molecule has 1 spiro atoms. The van der Waals surface area contributed by atoms with E-state index in [0.717, 1.165) is 50.5 Å². The molecule has 3 aliphatic rings. The van der Waals surface area contributed by atoms with Gasteiger partial charge in [-0.05, 0) is 80.0 Å². The molecule has 1 saturated carbocycles. The predicted octanol–water partition coefficient (Wildman–Crippen LogP) is 3.72. The van der Waals surface area contributed by atoms with Crippen LogP contribution in [-0.4, -0.2) is 202 Å². The number of hydrogen-bond donors (Lipinski definition) is 4. The van der Waals surface area contributed by atoms with Crippen LogP contribution in [0.15, 0.2) is 48.5 Å². The van der Waals surface area contributed by atoms with Gasteiger partial charge in [0.1, 0.15) is 23.1 Å². The topological polar surface area (TPSA) is 220 Å². The number of hydrogen-bond acceptors (Lipinski definition) is 16. The Labute approximate surface area is 427 Å².